The molecule has 2 aromatic carbocycles. The highest BCUT2D eigenvalue weighted by atomic mass is 19.1. The van der Waals surface area contributed by atoms with Crippen molar-refractivity contribution < 1.29 is 23.4 Å². The number of esters is 1. The number of hydrogen-bond acceptors (Lipinski definition) is 6. The van der Waals surface area contributed by atoms with Gasteiger partial charge in [-0.1, -0.05) is 0 Å². The Morgan fingerprint density at radius 2 is 1.70 bits per heavy atom. The molecule has 4 rings (SSSR count). The van der Waals surface area contributed by atoms with Crippen molar-refractivity contribution in [1.29, 1.82) is 0 Å². The molecule has 0 aromatic heterocycles. The van der Waals surface area contributed by atoms with E-state index < -0.39 is 12.2 Å². The Balaban J connectivity index is 1.52. The van der Waals surface area contributed by atoms with E-state index in [9.17, 15) is 9.18 Å². The number of cyclic esters (lactones) is 1. The predicted molar refractivity (Wildman–Crippen MR) is 97.9 cm³/mol. The molecule has 0 bridgehead atoms. The number of piperazine rings is 1. The van der Waals surface area contributed by atoms with E-state index in [1.54, 1.807) is 18.2 Å². The topological polar surface area (TPSA) is 51.2 Å². The van der Waals surface area contributed by atoms with Gasteiger partial charge in [0, 0.05) is 37.4 Å². The van der Waals surface area contributed by atoms with Gasteiger partial charge in [0.25, 0.3) is 0 Å². The Hall–Kier alpha value is -2.80. The maximum Gasteiger partial charge on any atom is 0.344 e. The highest BCUT2D eigenvalue weighted by Crippen LogP contribution is 2.43. The minimum absolute atomic E-state index is 0.240. The van der Waals surface area contributed by atoms with Crippen molar-refractivity contribution in [1.82, 2.24) is 4.90 Å². The summed E-state index contributed by atoms with van der Waals surface area (Å²) in [6.45, 7) is 2.98. The van der Waals surface area contributed by atoms with Gasteiger partial charge in [0.2, 0.25) is 0 Å². The molecule has 0 N–H and O–H groups in total. The lowest BCUT2D eigenvalue weighted by Crippen LogP contribution is -2.47. The number of nitrogens with zero attached hydrogens (tertiary/aromatic N) is 2. The average molecular weight is 372 g/mol. The summed E-state index contributed by atoms with van der Waals surface area (Å²) >= 11 is 0. The molecule has 0 unspecified atom stereocenters. The first-order valence-corrected chi connectivity index (χ1v) is 8.83. The summed E-state index contributed by atoms with van der Waals surface area (Å²) in [5, 5.41) is 0. The Labute approximate surface area is 157 Å². The molecule has 0 radical (unpaired) electrons. The van der Waals surface area contributed by atoms with Crippen LogP contribution in [0.15, 0.2) is 36.4 Å². The van der Waals surface area contributed by atoms with Gasteiger partial charge in [-0.2, -0.15) is 0 Å². The normalized spacial score (nSPS) is 19.6. The van der Waals surface area contributed by atoms with Gasteiger partial charge in [-0.3, -0.25) is 4.90 Å². The number of halogens is 1. The number of carbonyl (C=O) groups is 1. The van der Waals surface area contributed by atoms with Gasteiger partial charge in [-0.15, -0.1) is 0 Å². The molecule has 0 aliphatic carbocycles. The van der Waals surface area contributed by atoms with Crippen molar-refractivity contribution in [2.75, 3.05) is 45.3 Å². The molecule has 2 aromatic rings. The van der Waals surface area contributed by atoms with Crippen LogP contribution in [0.4, 0.5) is 10.1 Å². The molecule has 27 heavy (non-hydrogen) atoms. The van der Waals surface area contributed by atoms with E-state index in [2.05, 4.69) is 9.80 Å². The van der Waals surface area contributed by atoms with Crippen molar-refractivity contribution in [2.24, 2.45) is 0 Å². The molecule has 142 valence electrons. The van der Waals surface area contributed by atoms with E-state index in [-0.39, 0.29) is 5.82 Å². The van der Waals surface area contributed by atoms with E-state index in [1.165, 1.54) is 26.4 Å². The molecule has 2 aliphatic heterocycles. The summed E-state index contributed by atoms with van der Waals surface area (Å²) in [5.74, 6) is 0.283. The quantitative estimate of drug-likeness (QED) is 0.770. The van der Waals surface area contributed by atoms with Crippen molar-refractivity contribution in [3.63, 3.8) is 0 Å². The van der Waals surface area contributed by atoms with Crippen LogP contribution >= 0.6 is 0 Å². The van der Waals surface area contributed by atoms with E-state index in [4.69, 9.17) is 14.2 Å². The van der Waals surface area contributed by atoms with Gasteiger partial charge in [0.05, 0.1) is 14.2 Å². The third kappa shape index (κ3) is 3.08. The van der Waals surface area contributed by atoms with Crippen LogP contribution in [0.5, 0.6) is 11.5 Å². The fourth-order valence-corrected chi connectivity index (χ4v) is 3.72. The van der Waals surface area contributed by atoms with Crippen LogP contribution in [-0.2, 0) is 4.74 Å². The Bertz CT molecular complexity index is 848. The molecule has 1 atom stereocenters. The third-order valence-electron chi connectivity index (χ3n) is 5.10. The molecular weight excluding hydrogens is 351 g/mol. The molecule has 2 heterocycles. The largest absolute Gasteiger partial charge is 0.493 e. The fourth-order valence-electron chi connectivity index (χ4n) is 3.72. The van der Waals surface area contributed by atoms with Crippen molar-refractivity contribution in [3.8, 4) is 11.5 Å². The second kappa shape index (κ2) is 7.08. The third-order valence-corrected chi connectivity index (χ3v) is 5.10. The molecule has 1 saturated heterocycles. The first-order chi connectivity index (χ1) is 13.1. The molecule has 0 amide bonds. The number of hydrogen-bond donors (Lipinski definition) is 0. The number of methoxy groups -OCH3 is 2. The lowest BCUT2D eigenvalue weighted by molar-refractivity contribution is -0.0251. The molecule has 2 aliphatic rings. The van der Waals surface area contributed by atoms with Crippen LogP contribution in [0.3, 0.4) is 0 Å². The highest BCUT2D eigenvalue weighted by Gasteiger charge is 2.39. The molecule has 0 spiro atoms. The Morgan fingerprint density at radius 1 is 1.00 bits per heavy atom. The Kier molecular flexibility index (Phi) is 4.61. The van der Waals surface area contributed by atoms with Gasteiger partial charge in [0.15, 0.2) is 17.7 Å². The standard InChI is InChI=1S/C20H21FN2O4/c1-25-16-8-7-15-17(18(16)26-2)20(24)27-19(15)23-11-9-22(10-12-23)14-5-3-13(21)4-6-14/h3-8,19H,9-12H2,1-2H3/t19-/m1/s1. The molecule has 6 nitrogen and oxygen atoms in total. The number of anilines is 1. The van der Waals surface area contributed by atoms with Gasteiger partial charge in [-0.25, -0.2) is 9.18 Å². The van der Waals surface area contributed by atoms with Crippen LogP contribution in [0.25, 0.3) is 0 Å². The number of fused-ring (bicyclic) bond motifs is 1. The smallest absolute Gasteiger partial charge is 0.344 e. The minimum atomic E-state index is -0.428. The van der Waals surface area contributed by atoms with E-state index in [0.717, 1.165) is 37.4 Å². The summed E-state index contributed by atoms with van der Waals surface area (Å²) in [4.78, 5) is 16.8. The van der Waals surface area contributed by atoms with E-state index in [0.29, 0.717) is 17.1 Å². The summed E-state index contributed by atoms with van der Waals surface area (Å²) in [7, 11) is 3.05. The number of benzene rings is 2. The highest BCUT2D eigenvalue weighted by molar-refractivity contribution is 5.98. The van der Waals surface area contributed by atoms with E-state index in [1.807, 2.05) is 6.07 Å². The van der Waals surface area contributed by atoms with Gasteiger partial charge in [-0.05, 0) is 36.4 Å². The van der Waals surface area contributed by atoms with Gasteiger partial charge < -0.3 is 19.1 Å². The zero-order valence-corrected chi connectivity index (χ0v) is 15.3. The van der Waals surface area contributed by atoms with Crippen molar-refractivity contribution in [2.45, 2.75) is 6.23 Å². The van der Waals surface area contributed by atoms with Crippen molar-refractivity contribution >= 4 is 11.7 Å². The first kappa shape index (κ1) is 17.6. The number of carbonyl (C=O) groups excluding carboxylic acids is 1. The van der Waals surface area contributed by atoms with Crippen LogP contribution in [-0.4, -0.2) is 51.3 Å². The summed E-state index contributed by atoms with van der Waals surface area (Å²) in [6, 6.07) is 10.2. The zero-order chi connectivity index (χ0) is 19.0. The maximum atomic E-state index is 13.1. The van der Waals surface area contributed by atoms with Gasteiger partial charge in [0.1, 0.15) is 11.4 Å². The monoisotopic (exact) mass is 372 g/mol. The first-order valence-electron chi connectivity index (χ1n) is 8.83. The fraction of sp³-hybridized carbons (Fsp3) is 0.350. The van der Waals surface area contributed by atoms with E-state index >= 15 is 0 Å². The maximum absolute atomic E-state index is 13.1. The second-order valence-electron chi connectivity index (χ2n) is 6.52. The second-order valence-corrected chi connectivity index (χ2v) is 6.52. The summed E-state index contributed by atoms with van der Waals surface area (Å²) < 4.78 is 29.4. The van der Waals surface area contributed by atoms with Crippen LogP contribution in [0.1, 0.15) is 22.1 Å². The SMILES string of the molecule is COc1ccc2c(c1OC)C(=O)O[C@H]2N1CCN(c2ccc(F)cc2)CC1. The van der Waals surface area contributed by atoms with Crippen LogP contribution in [0.2, 0.25) is 0 Å². The molecule has 0 saturated carbocycles. The Morgan fingerprint density at radius 3 is 2.33 bits per heavy atom. The predicted octanol–water partition coefficient (Wildman–Crippen LogP) is 2.83. The number of ether oxygens (including phenoxy) is 3. The average Bonchev–Trinajstić information content (AvgIpc) is 3.04. The summed E-state index contributed by atoms with van der Waals surface area (Å²) in [5.41, 5.74) is 2.22. The lowest BCUT2D eigenvalue weighted by atomic mass is 10.1. The van der Waals surface area contributed by atoms with Crippen LogP contribution in [0, 0.1) is 5.82 Å². The molecular formula is C20H21FN2O4. The lowest BCUT2D eigenvalue weighted by Gasteiger charge is -2.38. The minimum Gasteiger partial charge on any atom is -0.493 e. The molecule has 7 heteroatoms. The molecule has 1 fully saturated rings. The summed E-state index contributed by atoms with van der Waals surface area (Å²) in [6.07, 6.45) is -0.428. The zero-order valence-electron chi connectivity index (χ0n) is 15.3. The number of rotatable bonds is 4. The van der Waals surface area contributed by atoms with Crippen molar-refractivity contribution in [3.05, 3.63) is 53.3 Å². The van der Waals surface area contributed by atoms with Gasteiger partial charge >= 0.3 is 5.97 Å². The van der Waals surface area contributed by atoms with Crippen LogP contribution < -0.4 is 14.4 Å².